The van der Waals surface area contributed by atoms with Crippen LogP contribution >= 0.6 is 35.0 Å². The summed E-state index contributed by atoms with van der Waals surface area (Å²) in [6.45, 7) is 0. The monoisotopic (exact) mass is 556 g/mol. The molecule has 4 nitrogen and oxygen atoms in total. The van der Waals surface area contributed by atoms with E-state index in [-0.39, 0.29) is 16.8 Å². The topological polar surface area (TPSA) is 58.2 Å². The van der Waals surface area contributed by atoms with Gasteiger partial charge in [0.05, 0.1) is 10.6 Å². The van der Waals surface area contributed by atoms with Gasteiger partial charge in [0.25, 0.3) is 5.91 Å². The normalized spacial score (nSPS) is 11.6. The zero-order chi connectivity index (χ0) is 26.5. The lowest BCUT2D eigenvalue weighted by atomic mass is 10.1. The second-order valence-electron chi connectivity index (χ2n) is 8.57. The first kappa shape index (κ1) is 25.9. The summed E-state index contributed by atoms with van der Waals surface area (Å²) in [4.78, 5) is 27.2. The highest BCUT2D eigenvalue weighted by atomic mass is 35.5. The number of nitrogens with one attached hydrogen (secondary N) is 2. The van der Waals surface area contributed by atoms with Gasteiger partial charge in [-0.15, -0.1) is 11.8 Å². The zero-order valence-electron chi connectivity index (χ0n) is 20.0. The molecule has 5 aromatic rings. The van der Waals surface area contributed by atoms with Crippen LogP contribution < -0.4 is 10.6 Å². The number of carbonyl (C=O) groups is 2. The van der Waals surface area contributed by atoms with Gasteiger partial charge in [-0.3, -0.25) is 9.59 Å². The quantitative estimate of drug-likeness (QED) is 0.197. The first-order chi connectivity index (χ1) is 18.5. The summed E-state index contributed by atoms with van der Waals surface area (Å²) in [7, 11) is 0. The number of rotatable bonds is 7. The summed E-state index contributed by atoms with van der Waals surface area (Å²) in [5.74, 6) is -0.485. The standard InChI is InChI=1S/C31H22Cl2N2O2S/c32-23-14-16-27(28(33)18-23)30(36)34-24-11-6-12-26(19-24)38-29(21-8-2-1-3-9-21)31(37)35-25-15-13-20-7-4-5-10-22(20)17-25/h1-19,29H,(H,34,36)(H,35,37). The highest BCUT2D eigenvalue weighted by Crippen LogP contribution is 2.37. The molecule has 0 aliphatic rings. The van der Waals surface area contributed by atoms with Crippen molar-refractivity contribution < 1.29 is 9.59 Å². The highest BCUT2D eigenvalue weighted by Gasteiger charge is 2.23. The van der Waals surface area contributed by atoms with Crippen molar-refractivity contribution in [2.24, 2.45) is 0 Å². The molecule has 1 atom stereocenters. The van der Waals surface area contributed by atoms with Crippen LogP contribution in [0.2, 0.25) is 10.0 Å². The Morgan fingerprint density at radius 2 is 1.39 bits per heavy atom. The third kappa shape index (κ3) is 6.20. The molecule has 0 aliphatic heterocycles. The van der Waals surface area contributed by atoms with Gasteiger partial charge < -0.3 is 10.6 Å². The van der Waals surface area contributed by atoms with Crippen molar-refractivity contribution in [3.63, 3.8) is 0 Å². The molecule has 5 aromatic carbocycles. The van der Waals surface area contributed by atoms with Crippen LogP contribution in [0, 0.1) is 0 Å². The van der Waals surface area contributed by atoms with Crippen LogP contribution in [0.4, 0.5) is 11.4 Å². The molecule has 0 aliphatic carbocycles. The molecule has 1 unspecified atom stereocenters. The Hall–Kier alpha value is -3.77. The second kappa shape index (κ2) is 11.7. The number of halogens is 2. The van der Waals surface area contributed by atoms with E-state index < -0.39 is 5.25 Å². The van der Waals surface area contributed by atoms with E-state index in [1.54, 1.807) is 18.2 Å². The molecule has 0 saturated heterocycles. The lowest BCUT2D eigenvalue weighted by molar-refractivity contribution is -0.115. The van der Waals surface area contributed by atoms with E-state index in [1.165, 1.54) is 17.8 Å². The van der Waals surface area contributed by atoms with E-state index in [4.69, 9.17) is 23.2 Å². The van der Waals surface area contributed by atoms with Crippen LogP contribution in [0.15, 0.2) is 120 Å². The van der Waals surface area contributed by atoms with Gasteiger partial charge in [0.15, 0.2) is 0 Å². The molecule has 0 aromatic heterocycles. The van der Waals surface area contributed by atoms with Crippen molar-refractivity contribution in [3.05, 3.63) is 136 Å². The summed E-state index contributed by atoms with van der Waals surface area (Å²) in [6, 6.07) is 35.6. The number of thioether (sulfide) groups is 1. The van der Waals surface area contributed by atoms with E-state index >= 15 is 0 Å². The number of hydrogen-bond donors (Lipinski definition) is 2. The van der Waals surface area contributed by atoms with E-state index in [9.17, 15) is 9.59 Å². The van der Waals surface area contributed by atoms with Crippen LogP contribution in [0.5, 0.6) is 0 Å². The molecule has 0 saturated carbocycles. The Bertz CT molecular complexity index is 1630. The van der Waals surface area contributed by atoms with Crippen molar-refractivity contribution in [1.82, 2.24) is 0 Å². The third-order valence-corrected chi connectivity index (χ3v) is 7.67. The van der Waals surface area contributed by atoms with E-state index in [1.807, 2.05) is 91.0 Å². The van der Waals surface area contributed by atoms with Gasteiger partial charge in [-0.1, -0.05) is 89.9 Å². The van der Waals surface area contributed by atoms with Gasteiger partial charge >= 0.3 is 0 Å². The number of carbonyl (C=O) groups excluding carboxylic acids is 2. The summed E-state index contributed by atoms with van der Waals surface area (Å²) < 4.78 is 0. The van der Waals surface area contributed by atoms with Crippen molar-refractivity contribution in [2.45, 2.75) is 10.1 Å². The van der Waals surface area contributed by atoms with Crippen LogP contribution in [-0.4, -0.2) is 11.8 Å². The fraction of sp³-hybridized carbons (Fsp3) is 0.0323. The molecule has 0 heterocycles. The Balaban J connectivity index is 1.37. The number of fused-ring (bicyclic) bond motifs is 1. The number of benzene rings is 5. The number of hydrogen-bond acceptors (Lipinski definition) is 3. The molecule has 2 N–H and O–H groups in total. The number of amides is 2. The minimum atomic E-state index is -0.515. The molecule has 5 rings (SSSR count). The van der Waals surface area contributed by atoms with E-state index in [0.29, 0.717) is 16.3 Å². The van der Waals surface area contributed by atoms with Crippen LogP contribution in [0.3, 0.4) is 0 Å². The minimum Gasteiger partial charge on any atom is -0.325 e. The maximum absolute atomic E-state index is 13.5. The first-order valence-electron chi connectivity index (χ1n) is 11.8. The molecule has 0 fully saturated rings. The van der Waals surface area contributed by atoms with Crippen LogP contribution in [-0.2, 0) is 4.79 Å². The van der Waals surface area contributed by atoms with E-state index in [2.05, 4.69) is 10.6 Å². The van der Waals surface area contributed by atoms with E-state index in [0.717, 1.165) is 26.9 Å². The molecule has 0 bridgehead atoms. The fourth-order valence-corrected chi connectivity index (χ4v) is 5.61. The Kier molecular flexibility index (Phi) is 7.99. The van der Waals surface area contributed by atoms with Gasteiger partial charge in [-0.05, 0) is 64.9 Å². The van der Waals surface area contributed by atoms with Crippen molar-refractivity contribution in [1.29, 1.82) is 0 Å². The van der Waals surface area contributed by atoms with Crippen LogP contribution in [0.1, 0.15) is 21.2 Å². The smallest absolute Gasteiger partial charge is 0.257 e. The summed E-state index contributed by atoms with van der Waals surface area (Å²) >= 11 is 13.6. The van der Waals surface area contributed by atoms with Crippen molar-refractivity contribution in [2.75, 3.05) is 10.6 Å². The lowest BCUT2D eigenvalue weighted by Gasteiger charge is -2.18. The molecule has 188 valence electrons. The predicted octanol–water partition coefficient (Wildman–Crippen LogP) is 8.87. The number of anilines is 2. The maximum Gasteiger partial charge on any atom is 0.257 e. The van der Waals surface area contributed by atoms with Crippen molar-refractivity contribution in [3.8, 4) is 0 Å². The molecule has 0 spiro atoms. The SMILES string of the molecule is O=C(Nc1cccc(SC(C(=O)Nc2ccc3ccccc3c2)c2ccccc2)c1)c1ccc(Cl)cc1Cl. The Morgan fingerprint density at radius 1 is 0.658 bits per heavy atom. The predicted molar refractivity (Wildman–Crippen MR) is 158 cm³/mol. The van der Waals surface area contributed by atoms with Crippen molar-refractivity contribution >= 4 is 68.9 Å². The third-order valence-electron chi connectivity index (χ3n) is 5.88. The lowest BCUT2D eigenvalue weighted by Crippen LogP contribution is -2.19. The molecule has 2 amide bonds. The Morgan fingerprint density at radius 3 is 2.18 bits per heavy atom. The summed E-state index contributed by atoms with van der Waals surface area (Å²) in [5.41, 5.74) is 2.52. The first-order valence-corrected chi connectivity index (χ1v) is 13.5. The molecule has 0 radical (unpaired) electrons. The average molecular weight is 558 g/mol. The molecule has 7 heteroatoms. The largest absolute Gasteiger partial charge is 0.325 e. The molecular formula is C31H22Cl2N2O2S. The Labute approximate surface area is 235 Å². The second-order valence-corrected chi connectivity index (χ2v) is 10.6. The molecular weight excluding hydrogens is 535 g/mol. The fourth-order valence-electron chi connectivity index (χ4n) is 4.03. The van der Waals surface area contributed by atoms with Gasteiger partial charge in [-0.25, -0.2) is 0 Å². The maximum atomic E-state index is 13.5. The van der Waals surface area contributed by atoms with Gasteiger partial charge in [0.2, 0.25) is 5.91 Å². The van der Waals surface area contributed by atoms with Gasteiger partial charge in [-0.2, -0.15) is 0 Å². The average Bonchev–Trinajstić information content (AvgIpc) is 2.92. The van der Waals surface area contributed by atoms with Crippen LogP contribution in [0.25, 0.3) is 10.8 Å². The van der Waals surface area contributed by atoms with Gasteiger partial charge in [0, 0.05) is 21.3 Å². The zero-order valence-corrected chi connectivity index (χ0v) is 22.4. The summed E-state index contributed by atoms with van der Waals surface area (Å²) in [5, 5.41) is 8.33. The minimum absolute atomic E-state index is 0.140. The summed E-state index contributed by atoms with van der Waals surface area (Å²) in [6.07, 6.45) is 0. The highest BCUT2D eigenvalue weighted by molar-refractivity contribution is 8.00. The van der Waals surface area contributed by atoms with Gasteiger partial charge in [0.1, 0.15) is 5.25 Å². The molecule has 38 heavy (non-hydrogen) atoms.